The molecule has 3 nitrogen and oxygen atoms in total. The Balaban J connectivity index is 2.30. The second kappa shape index (κ2) is 3.87. The Labute approximate surface area is 98.0 Å². The molecule has 0 aliphatic heterocycles. The van der Waals surface area contributed by atoms with Gasteiger partial charge < -0.3 is 0 Å². The van der Waals surface area contributed by atoms with Gasteiger partial charge in [-0.3, -0.25) is 9.20 Å². The van der Waals surface area contributed by atoms with E-state index < -0.39 is 0 Å². The third-order valence-corrected chi connectivity index (χ3v) is 2.64. The first-order chi connectivity index (χ1) is 8.34. The summed E-state index contributed by atoms with van der Waals surface area (Å²) in [5.41, 5.74) is 2.27. The minimum atomic E-state index is -0.0607. The van der Waals surface area contributed by atoms with Gasteiger partial charge in [0.1, 0.15) is 5.65 Å². The molecule has 2 heterocycles. The molecular weight excluding hydrogens is 212 g/mol. The van der Waals surface area contributed by atoms with Crippen molar-refractivity contribution in [3.05, 3.63) is 71.1 Å². The average Bonchev–Trinajstić information content (AvgIpc) is 2.40. The summed E-state index contributed by atoms with van der Waals surface area (Å²) in [5.74, 6) is 0. The van der Waals surface area contributed by atoms with E-state index in [1.165, 1.54) is 4.40 Å². The highest BCUT2D eigenvalue weighted by Crippen LogP contribution is 2.14. The van der Waals surface area contributed by atoms with Crippen molar-refractivity contribution in [1.29, 1.82) is 0 Å². The van der Waals surface area contributed by atoms with Gasteiger partial charge in [0.05, 0.1) is 5.69 Å². The first-order valence-electron chi connectivity index (χ1n) is 5.38. The molecule has 82 valence electrons. The Morgan fingerprint density at radius 2 is 1.71 bits per heavy atom. The second-order valence-electron chi connectivity index (χ2n) is 3.77. The molecule has 17 heavy (non-hydrogen) atoms. The molecule has 0 bridgehead atoms. The third-order valence-electron chi connectivity index (χ3n) is 2.64. The lowest BCUT2D eigenvalue weighted by Gasteiger charge is -2.03. The zero-order valence-electron chi connectivity index (χ0n) is 9.08. The molecule has 1 aromatic carbocycles. The summed E-state index contributed by atoms with van der Waals surface area (Å²) in [6, 6.07) is 16.8. The van der Waals surface area contributed by atoms with Crippen molar-refractivity contribution in [1.82, 2.24) is 9.38 Å². The maximum absolute atomic E-state index is 11.9. The van der Waals surface area contributed by atoms with Crippen LogP contribution in [0.25, 0.3) is 16.9 Å². The van der Waals surface area contributed by atoms with Crippen LogP contribution in [0.5, 0.6) is 0 Å². The molecule has 3 rings (SSSR count). The van der Waals surface area contributed by atoms with Crippen LogP contribution in [0.1, 0.15) is 0 Å². The van der Waals surface area contributed by atoms with Gasteiger partial charge in [-0.15, -0.1) is 0 Å². The predicted molar refractivity (Wildman–Crippen MR) is 66.9 cm³/mol. The Kier molecular flexibility index (Phi) is 2.22. The molecule has 0 spiro atoms. The zero-order valence-corrected chi connectivity index (χ0v) is 9.08. The van der Waals surface area contributed by atoms with E-state index in [4.69, 9.17) is 0 Å². The lowest BCUT2D eigenvalue weighted by molar-refractivity contribution is 1.05. The number of fused-ring (bicyclic) bond motifs is 1. The first kappa shape index (κ1) is 9.78. The van der Waals surface area contributed by atoms with Gasteiger partial charge in [-0.05, 0) is 12.1 Å². The lowest BCUT2D eigenvalue weighted by atomic mass is 10.1. The monoisotopic (exact) mass is 222 g/mol. The highest BCUT2D eigenvalue weighted by Gasteiger charge is 2.02. The van der Waals surface area contributed by atoms with Crippen molar-refractivity contribution >= 4 is 5.65 Å². The first-order valence-corrected chi connectivity index (χ1v) is 5.38. The largest absolute Gasteiger partial charge is 0.269 e. The van der Waals surface area contributed by atoms with Crippen molar-refractivity contribution in [3.63, 3.8) is 0 Å². The van der Waals surface area contributed by atoms with Crippen molar-refractivity contribution in [2.45, 2.75) is 0 Å². The molecule has 0 saturated carbocycles. The summed E-state index contributed by atoms with van der Waals surface area (Å²) >= 11 is 0. The van der Waals surface area contributed by atoms with Gasteiger partial charge in [0.2, 0.25) is 0 Å². The quantitative estimate of drug-likeness (QED) is 0.633. The molecule has 0 amide bonds. The fraction of sp³-hybridized carbons (Fsp3) is 0. The summed E-state index contributed by atoms with van der Waals surface area (Å²) in [7, 11) is 0. The van der Waals surface area contributed by atoms with E-state index >= 15 is 0 Å². The van der Waals surface area contributed by atoms with E-state index in [1.54, 1.807) is 12.3 Å². The van der Waals surface area contributed by atoms with Gasteiger partial charge in [-0.25, -0.2) is 4.98 Å². The van der Waals surface area contributed by atoms with Gasteiger partial charge in [0, 0.05) is 17.8 Å². The highest BCUT2D eigenvalue weighted by molar-refractivity contribution is 5.61. The topological polar surface area (TPSA) is 34.4 Å². The van der Waals surface area contributed by atoms with Gasteiger partial charge >= 0.3 is 0 Å². The van der Waals surface area contributed by atoms with Crippen LogP contribution in [-0.2, 0) is 0 Å². The molecule has 3 aromatic rings. The van der Waals surface area contributed by atoms with E-state index in [9.17, 15) is 4.79 Å². The third kappa shape index (κ3) is 1.72. The standard InChI is InChI=1S/C14H10N2O/c17-14-10-12(11-6-2-1-3-7-11)15-13-8-4-5-9-16(13)14/h1-10H. The predicted octanol–water partition coefficient (Wildman–Crippen LogP) is 2.36. The molecule has 0 atom stereocenters. The minimum Gasteiger partial charge on any atom is -0.269 e. The number of nitrogens with zero attached hydrogens (tertiary/aromatic N) is 2. The number of aromatic nitrogens is 2. The summed E-state index contributed by atoms with van der Waals surface area (Å²) in [6.45, 7) is 0. The summed E-state index contributed by atoms with van der Waals surface area (Å²) in [6.07, 6.45) is 1.72. The molecule has 0 unspecified atom stereocenters. The second-order valence-corrected chi connectivity index (χ2v) is 3.77. The zero-order chi connectivity index (χ0) is 11.7. The maximum Gasteiger partial charge on any atom is 0.258 e. The van der Waals surface area contributed by atoms with Gasteiger partial charge in [0.15, 0.2) is 0 Å². The van der Waals surface area contributed by atoms with Crippen molar-refractivity contribution in [3.8, 4) is 11.3 Å². The molecule has 3 heteroatoms. The van der Waals surface area contributed by atoms with E-state index in [0.29, 0.717) is 11.3 Å². The van der Waals surface area contributed by atoms with Gasteiger partial charge in [-0.1, -0.05) is 36.4 Å². The maximum atomic E-state index is 11.9. The average molecular weight is 222 g/mol. The van der Waals surface area contributed by atoms with Crippen molar-refractivity contribution in [2.75, 3.05) is 0 Å². The van der Waals surface area contributed by atoms with Crippen LogP contribution in [0.3, 0.4) is 0 Å². The SMILES string of the molecule is O=c1cc(-c2ccccc2)nc2ccccn12. The fourth-order valence-corrected chi connectivity index (χ4v) is 1.81. The smallest absolute Gasteiger partial charge is 0.258 e. The number of benzene rings is 1. The molecule has 0 N–H and O–H groups in total. The normalized spacial score (nSPS) is 10.6. The number of hydrogen-bond donors (Lipinski definition) is 0. The summed E-state index contributed by atoms with van der Waals surface area (Å²) in [5, 5.41) is 0. The van der Waals surface area contributed by atoms with Crippen LogP contribution in [-0.4, -0.2) is 9.38 Å². The van der Waals surface area contributed by atoms with Crippen molar-refractivity contribution < 1.29 is 0 Å². The summed E-state index contributed by atoms with van der Waals surface area (Å²) < 4.78 is 1.53. The van der Waals surface area contributed by atoms with Crippen LogP contribution in [0.2, 0.25) is 0 Å². The highest BCUT2D eigenvalue weighted by atomic mass is 16.1. The molecule has 0 aliphatic rings. The number of pyridine rings is 1. The Hall–Kier alpha value is -2.42. The summed E-state index contributed by atoms with van der Waals surface area (Å²) in [4.78, 5) is 16.4. The Bertz CT molecular complexity index is 717. The lowest BCUT2D eigenvalue weighted by Crippen LogP contribution is -2.13. The molecule has 2 aromatic heterocycles. The van der Waals surface area contributed by atoms with E-state index in [0.717, 1.165) is 5.56 Å². The molecule has 0 aliphatic carbocycles. The molecule has 0 radical (unpaired) electrons. The van der Waals surface area contributed by atoms with E-state index in [-0.39, 0.29) is 5.56 Å². The van der Waals surface area contributed by atoms with Crippen LogP contribution in [0.15, 0.2) is 65.6 Å². The van der Waals surface area contributed by atoms with E-state index in [1.807, 2.05) is 48.5 Å². The van der Waals surface area contributed by atoms with Crippen LogP contribution in [0, 0.1) is 0 Å². The molecular formula is C14H10N2O. The minimum absolute atomic E-state index is 0.0607. The number of hydrogen-bond acceptors (Lipinski definition) is 2. The van der Waals surface area contributed by atoms with E-state index in [2.05, 4.69) is 4.98 Å². The van der Waals surface area contributed by atoms with Crippen molar-refractivity contribution in [2.24, 2.45) is 0 Å². The van der Waals surface area contributed by atoms with Crippen LogP contribution < -0.4 is 5.56 Å². The number of rotatable bonds is 1. The molecule has 0 fully saturated rings. The molecule has 0 saturated heterocycles. The van der Waals surface area contributed by atoms with Gasteiger partial charge in [0.25, 0.3) is 5.56 Å². The Morgan fingerprint density at radius 3 is 2.53 bits per heavy atom. The van der Waals surface area contributed by atoms with Gasteiger partial charge in [-0.2, -0.15) is 0 Å². The van der Waals surface area contributed by atoms with Crippen LogP contribution >= 0.6 is 0 Å². The fourth-order valence-electron chi connectivity index (χ4n) is 1.81. The van der Waals surface area contributed by atoms with Crippen LogP contribution in [0.4, 0.5) is 0 Å². The Morgan fingerprint density at radius 1 is 0.941 bits per heavy atom.